The number of carbonyl (C=O) groups excluding carboxylic acids is 4. The van der Waals surface area contributed by atoms with E-state index in [0.29, 0.717) is 44.0 Å². The van der Waals surface area contributed by atoms with E-state index in [4.69, 9.17) is 14.2 Å². The molecule has 2 aliphatic heterocycles. The lowest BCUT2D eigenvalue weighted by atomic mass is 9.93. The van der Waals surface area contributed by atoms with Crippen LogP contribution in [0.5, 0.6) is 5.75 Å². The van der Waals surface area contributed by atoms with Crippen molar-refractivity contribution in [3.63, 3.8) is 0 Å². The molecule has 0 spiro atoms. The van der Waals surface area contributed by atoms with Gasteiger partial charge in [0.1, 0.15) is 42.6 Å². The third-order valence-corrected chi connectivity index (χ3v) is 8.07. The van der Waals surface area contributed by atoms with Crippen molar-refractivity contribution in [1.29, 1.82) is 0 Å². The molecule has 5 N–H and O–H groups in total. The van der Waals surface area contributed by atoms with Crippen LogP contribution in [0.3, 0.4) is 0 Å². The molecule has 230 valence electrons. The summed E-state index contributed by atoms with van der Waals surface area (Å²) in [6.45, 7) is 6.22. The second kappa shape index (κ2) is 14.2. The fourth-order valence-electron chi connectivity index (χ4n) is 5.26. The van der Waals surface area contributed by atoms with Crippen LogP contribution in [-0.4, -0.2) is 98.9 Å². The fraction of sp³-hybridized carbons (Fsp3) is 0.600. The second-order valence-corrected chi connectivity index (χ2v) is 11.4. The highest BCUT2D eigenvalue weighted by Gasteiger charge is 2.50. The predicted octanol–water partition coefficient (Wildman–Crippen LogP) is -1.02. The Morgan fingerprint density at radius 1 is 1.07 bits per heavy atom. The maximum absolute atomic E-state index is 13.7. The topological polar surface area (TPSA) is 160 Å². The van der Waals surface area contributed by atoms with Gasteiger partial charge in [-0.1, -0.05) is 23.8 Å². The van der Waals surface area contributed by atoms with Gasteiger partial charge in [0, 0.05) is 0 Å². The number of methoxy groups -OCH3 is 1. The van der Waals surface area contributed by atoms with Crippen LogP contribution in [0, 0.1) is 0 Å². The van der Waals surface area contributed by atoms with Gasteiger partial charge >= 0.3 is 0 Å². The number of aliphatic hydroxyl groups is 1. The van der Waals surface area contributed by atoms with Crippen molar-refractivity contribution in [2.45, 2.75) is 69.4 Å². The number of epoxide rings is 1. The molecule has 0 unspecified atom stereocenters. The van der Waals surface area contributed by atoms with Gasteiger partial charge in [0.2, 0.25) is 11.8 Å². The standard InChI is InChI=1S/C30H42N4O8/c1-19(31-24(35)17-34-12-14-41-15-13-34)28(38)33-25(26(36)21-8-10-22(40-3)11-9-21)29(39)32-23(16-20-6-4-5-7-20)27(37)30(2)18-42-30/h6,8-11,19,23,25-26,36H,4-5,7,12-18H2,1-3H3,(H,31,35)(H,32,39)(H,33,38)/p+1/t19-,23-,25-,26+,30+/m1/s1. The van der Waals surface area contributed by atoms with Crippen LogP contribution in [0.4, 0.5) is 0 Å². The molecule has 12 heteroatoms. The summed E-state index contributed by atoms with van der Waals surface area (Å²) in [5.74, 6) is -1.36. The maximum Gasteiger partial charge on any atom is 0.275 e. The highest BCUT2D eigenvalue weighted by atomic mass is 16.6. The molecule has 0 aromatic heterocycles. The normalized spacial score (nSPS) is 23.1. The number of rotatable bonds is 14. The van der Waals surface area contributed by atoms with Gasteiger partial charge in [-0.05, 0) is 57.2 Å². The van der Waals surface area contributed by atoms with Crippen LogP contribution in [0.25, 0.3) is 0 Å². The zero-order valence-corrected chi connectivity index (χ0v) is 24.6. The van der Waals surface area contributed by atoms with Crippen molar-refractivity contribution in [1.82, 2.24) is 16.0 Å². The van der Waals surface area contributed by atoms with E-state index in [2.05, 4.69) is 22.0 Å². The number of aliphatic hydroxyl groups excluding tert-OH is 1. The van der Waals surface area contributed by atoms with E-state index < -0.39 is 41.6 Å². The number of amides is 3. The summed E-state index contributed by atoms with van der Waals surface area (Å²) >= 11 is 0. The van der Waals surface area contributed by atoms with E-state index in [-0.39, 0.29) is 24.8 Å². The molecule has 5 atom stereocenters. The Balaban J connectivity index is 1.48. The molecule has 2 fully saturated rings. The van der Waals surface area contributed by atoms with Crippen LogP contribution in [0.1, 0.15) is 51.2 Å². The number of benzene rings is 1. The van der Waals surface area contributed by atoms with Gasteiger partial charge in [0.25, 0.3) is 5.91 Å². The molecule has 0 radical (unpaired) electrons. The second-order valence-electron chi connectivity index (χ2n) is 11.4. The molecule has 42 heavy (non-hydrogen) atoms. The third kappa shape index (κ3) is 8.37. The number of Topliss-reactive ketones (excluding diaryl/α,β-unsaturated/α-hetero) is 1. The molecule has 0 saturated carbocycles. The Morgan fingerprint density at radius 2 is 1.76 bits per heavy atom. The predicted molar refractivity (Wildman–Crippen MR) is 152 cm³/mol. The fourth-order valence-corrected chi connectivity index (χ4v) is 5.26. The van der Waals surface area contributed by atoms with Crippen LogP contribution in [0.15, 0.2) is 35.9 Å². The highest BCUT2D eigenvalue weighted by Crippen LogP contribution is 2.31. The minimum atomic E-state index is -1.45. The molecule has 0 bridgehead atoms. The van der Waals surface area contributed by atoms with Gasteiger partial charge in [-0.15, -0.1) is 0 Å². The molecule has 12 nitrogen and oxygen atoms in total. The molecule has 2 heterocycles. The minimum absolute atomic E-state index is 0.194. The van der Waals surface area contributed by atoms with E-state index in [1.54, 1.807) is 31.2 Å². The Labute approximate surface area is 246 Å². The average Bonchev–Trinajstić information content (AvgIpc) is 3.53. The van der Waals surface area contributed by atoms with E-state index in [9.17, 15) is 24.3 Å². The first-order valence-electron chi connectivity index (χ1n) is 14.6. The first kappa shape index (κ1) is 31.6. The summed E-state index contributed by atoms with van der Waals surface area (Å²) in [5.41, 5.74) is 0.474. The monoisotopic (exact) mass is 587 g/mol. The van der Waals surface area contributed by atoms with Gasteiger partial charge in [-0.3, -0.25) is 19.2 Å². The van der Waals surface area contributed by atoms with Gasteiger partial charge in [-0.2, -0.15) is 0 Å². The summed E-state index contributed by atoms with van der Waals surface area (Å²) in [7, 11) is 1.51. The van der Waals surface area contributed by atoms with E-state index in [1.165, 1.54) is 14.0 Å². The zero-order valence-electron chi connectivity index (χ0n) is 24.6. The highest BCUT2D eigenvalue weighted by molar-refractivity contribution is 5.98. The van der Waals surface area contributed by atoms with Crippen LogP contribution in [-0.2, 0) is 28.7 Å². The number of morpholine rings is 1. The van der Waals surface area contributed by atoms with Gasteiger partial charge in [-0.25, -0.2) is 0 Å². The van der Waals surface area contributed by atoms with Crippen molar-refractivity contribution in [2.24, 2.45) is 0 Å². The third-order valence-electron chi connectivity index (χ3n) is 8.07. The largest absolute Gasteiger partial charge is 0.497 e. The van der Waals surface area contributed by atoms with Crippen molar-refractivity contribution in [3.8, 4) is 5.75 Å². The molecule has 1 aliphatic carbocycles. The van der Waals surface area contributed by atoms with E-state index >= 15 is 0 Å². The Kier molecular flexibility index (Phi) is 10.7. The first-order chi connectivity index (χ1) is 20.1. The van der Waals surface area contributed by atoms with Crippen molar-refractivity contribution in [3.05, 3.63) is 41.5 Å². The Bertz CT molecular complexity index is 1160. The van der Waals surface area contributed by atoms with Crippen molar-refractivity contribution in [2.75, 3.05) is 46.6 Å². The van der Waals surface area contributed by atoms with Crippen molar-refractivity contribution < 1.29 is 43.4 Å². The van der Waals surface area contributed by atoms with E-state index in [0.717, 1.165) is 29.7 Å². The summed E-state index contributed by atoms with van der Waals surface area (Å²) in [4.78, 5) is 53.9. The number of ether oxygens (including phenoxy) is 3. The number of hydrogen-bond donors (Lipinski definition) is 5. The summed E-state index contributed by atoms with van der Waals surface area (Å²) in [6.07, 6.45) is 3.72. The lowest BCUT2D eigenvalue weighted by molar-refractivity contribution is -0.900. The molecule has 1 aromatic rings. The molecule has 3 amide bonds. The van der Waals surface area contributed by atoms with E-state index in [1.807, 2.05) is 0 Å². The number of hydrogen-bond acceptors (Lipinski definition) is 8. The number of allylic oxidation sites excluding steroid dienone is 1. The average molecular weight is 588 g/mol. The Hall–Kier alpha value is -3.32. The number of quaternary nitrogens is 1. The summed E-state index contributed by atoms with van der Waals surface area (Å²) < 4.78 is 15.9. The molecule has 4 rings (SSSR count). The van der Waals surface area contributed by atoms with Gasteiger partial charge < -0.3 is 40.2 Å². The minimum Gasteiger partial charge on any atom is -0.497 e. The number of ketones is 1. The molecule has 2 saturated heterocycles. The first-order valence-corrected chi connectivity index (χ1v) is 14.6. The summed E-state index contributed by atoms with van der Waals surface area (Å²) in [6, 6.07) is 3.15. The molecule has 3 aliphatic rings. The maximum atomic E-state index is 13.7. The summed E-state index contributed by atoms with van der Waals surface area (Å²) in [5, 5.41) is 19.4. The molecule has 1 aromatic carbocycles. The van der Waals surface area contributed by atoms with Crippen LogP contribution in [0.2, 0.25) is 0 Å². The Morgan fingerprint density at radius 3 is 2.36 bits per heavy atom. The molecular formula is C30H43N4O8+. The van der Waals surface area contributed by atoms with Gasteiger partial charge in [0.15, 0.2) is 12.3 Å². The number of carbonyl (C=O) groups is 4. The lowest BCUT2D eigenvalue weighted by Crippen LogP contribution is -3.15. The lowest BCUT2D eigenvalue weighted by Gasteiger charge is -2.28. The quantitative estimate of drug-likeness (QED) is 0.137. The van der Waals surface area contributed by atoms with Gasteiger partial charge in [0.05, 0.1) is 33.0 Å². The van der Waals surface area contributed by atoms with Crippen LogP contribution < -0.4 is 25.6 Å². The smallest absolute Gasteiger partial charge is 0.275 e. The number of nitrogens with one attached hydrogen (secondary N) is 4. The zero-order chi connectivity index (χ0) is 30.3. The van der Waals surface area contributed by atoms with Crippen LogP contribution >= 0.6 is 0 Å². The SMILES string of the molecule is COc1ccc([C@H](O)[C@@H](NC(=O)[C@@H](C)NC(=O)C[NH+]2CCOCC2)C(=O)N[C@H](CC2=CCCC2)C(=O)[C@]2(C)CO2)cc1. The van der Waals surface area contributed by atoms with Crippen molar-refractivity contribution >= 4 is 23.5 Å². The molecular weight excluding hydrogens is 544 g/mol.